The minimum atomic E-state index is -0.0804. The SMILES string of the molecule is CCc1c(C(=O)CN)cc(Br)c2c1OCCCO2. The predicted molar refractivity (Wildman–Crippen MR) is 72.5 cm³/mol. The summed E-state index contributed by atoms with van der Waals surface area (Å²) in [6.45, 7) is 3.22. The largest absolute Gasteiger partial charge is 0.489 e. The van der Waals surface area contributed by atoms with Gasteiger partial charge in [0.25, 0.3) is 0 Å². The first-order valence-electron chi connectivity index (χ1n) is 6.03. The third kappa shape index (κ3) is 2.37. The molecular weight excluding hydrogens is 298 g/mol. The Morgan fingerprint density at radius 3 is 2.67 bits per heavy atom. The van der Waals surface area contributed by atoms with Gasteiger partial charge in [-0.15, -0.1) is 0 Å². The van der Waals surface area contributed by atoms with Crippen molar-refractivity contribution in [2.24, 2.45) is 5.73 Å². The van der Waals surface area contributed by atoms with E-state index in [-0.39, 0.29) is 12.3 Å². The zero-order valence-corrected chi connectivity index (χ0v) is 11.9. The van der Waals surface area contributed by atoms with E-state index < -0.39 is 0 Å². The van der Waals surface area contributed by atoms with Gasteiger partial charge in [-0.05, 0) is 28.4 Å². The summed E-state index contributed by atoms with van der Waals surface area (Å²) in [5.41, 5.74) is 6.95. The van der Waals surface area contributed by atoms with Crippen LogP contribution in [0.1, 0.15) is 29.3 Å². The van der Waals surface area contributed by atoms with Crippen LogP contribution in [0.5, 0.6) is 11.5 Å². The van der Waals surface area contributed by atoms with E-state index in [1.54, 1.807) is 6.07 Å². The number of hydrogen-bond acceptors (Lipinski definition) is 4. The number of rotatable bonds is 3. The first-order valence-corrected chi connectivity index (χ1v) is 6.82. The van der Waals surface area contributed by atoms with E-state index in [0.717, 1.165) is 16.5 Å². The number of ketones is 1. The molecule has 0 aromatic heterocycles. The maximum Gasteiger partial charge on any atom is 0.176 e. The van der Waals surface area contributed by atoms with Gasteiger partial charge in [-0.25, -0.2) is 0 Å². The zero-order valence-electron chi connectivity index (χ0n) is 10.3. The van der Waals surface area contributed by atoms with Crippen molar-refractivity contribution in [1.82, 2.24) is 0 Å². The van der Waals surface area contributed by atoms with Crippen LogP contribution >= 0.6 is 15.9 Å². The molecule has 0 spiro atoms. The number of carbonyl (C=O) groups is 1. The van der Waals surface area contributed by atoms with Gasteiger partial charge in [0.1, 0.15) is 0 Å². The Bertz CT molecular complexity index is 474. The molecule has 0 amide bonds. The van der Waals surface area contributed by atoms with Crippen LogP contribution < -0.4 is 15.2 Å². The van der Waals surface area contributed by atoms with Gasteiger partial charge in [0.05, 0.1) is 24.2 Å². The molecule has 1 aliphatic heterocycles. The average molecular weight is 314 g/mol. The fourth-order valence-electron chi connectivity index (χ4n) is 2.05. The summed E-state index contributed by atoms with van der Waals surface area (Å²) in [4.78, 5) is 11.9. The molecule has 4 nitrogen and oxygen atoms in total. The summed E-state index contributed by atoms with van der Waals surface area (Å²) in [6, 6.07) is 1.78. The monoisotopic (exact) mass is 313 g/mol. The molecule has 0 radical (unpaired) electrons. The van der Waals surface area contributed by atoms with E-state index in [4.69, 9.17) is 15.2 Å². The number of fused-ring (bicyclic) bond motifs is 1. The van der Waals surface area contributed by atoms with Crippen molar-refractivity contribution in [1.29, 1.82) is 0 Å². The molecule has 1 aromatic rings. The molecule has 0 saturated carbocycles. The Kier molecular flexibility index (Phi) is 4.24. The van der Waals surface area contributed by atoms with Crippen molar-refractivity contribution < 1.29 is 14.3 Å². The number of hydrogen-bond donors (Lipinski definition) is 1. The topological polar surface area (TPSA) is 61.6 Å². The Hall–Kier alpha value is -1.07. The van der Waals surface area contributed by atoms with Gasteiger partial charge in [0.2, 0.25) is 0 Å². The van der Waals surface area contributed by atoms with Crippen LogP contribution in [0.2, 0.25) is 0 Å². The highest BCUT2D eigenvalue weighted by Crippen LogP contribution is 2.42. The van der Waals surface area contributed by atoms with Crippen molar-refractivity contribution in [3.8, 4) is 11.5 Å². The lowest BCUT2D eigenvalue weighted by Gasteiger charge is -2.16. The average Bonchev–Trinajstić information content (AvgIpc) is 2.63. The van der Waals surface area contributed by atoms with E-state index >= 15 is 0 Å². The van der Waals surface area contributed by atoms with E-state index in [1.807, 2.05) is 6.92 Å². The molecule has 1 aromatic carbocycles. The molecule has 98 valence electrons. The molecule has 5 heteroatoms. The van der Waals surface area contributed by atoms with Crippen molar-refractivity contribution in [2.45, 2.75) is 19.8 Å². The van der Waals surface area contributed by atoms with Crippen LogP contribution in [-0.4, -0.2) is 25.5 Å². The van der Waals surface area contributed by atoms with E-state index in [0.29, 0.717) is 36.7 Å². The predicted octanol–water partition coefficient (Wildman–Crippen LogP) is 2.31. The third-order valence-corrected chi connectivity index (χ3v) is 3.50. The van der Waals surface area contributed by atoms with E-state index in [9.17, 15) is 4.79 Å². The second kappa shape index (κ2) is 5.71. The second-order valence-corrected chi connectivity index (χ2v) is 4.93. The van der Waals surface area contributed by atoms with Crippen molar-refractivity contribution in [3.63, 3.8) is 0 Å². The van der Waals surface area contributed by atoms with Gasteiger partial charge < -0.3 is 15.2 Å². The lowest BCUT2D eigenvalue weighted by atomic mass is 9.99. The smallest absolute Gasteiger partial charge is 0.176 e. The molecule has 18 heavy (non-hydrogen) atoms. The van der Waals surface area contributed by atoms with Crippen LogP contribution in [0.3, 0.4) is 0 Å². The summed E-state index contributed by atoms with van der Waals surface area (Å²) in [5.74, 6) is 1.29. The molecule has 0 bridgehead atoms. The van der Waals surface area contributed by atoms with Gasteiger partial charge in [-0.1, -0.05) is 6.92 Å². The normalized spacial score (nSPS) is 14.2. The lowest BCUT2D eigenvalue weighted by molar-refractivity contribution is 0.1000. The molecule has 0 aliphatic carbocycles. The third-order valence-electron chi connectivity index (χ3n) is 2.91. The van der Waals surface area contributed by atoms with Gasteiger partial charge in [0, 0.05) is 17.5 Å². The standard InChI is InChI=1S/C13H16BrNO3/c1-2-8-9(11(16)7-15)6-10(14)13-12(8)17-4-3-5-18-13/h6H,2-5,7,15H2,1H3. The number of benzene rings is 1. The molecule has 2 rings (SSSR count). The van der Waals surface area contributed by atoms with E-state index in [2.05, 4.69) is 15.9 Å². The highest BCUT2D eigenvalue weighted by atomic mass is 79.9. The molecule has 0 fully saturated rings. The maximum absolute atomic E-state index is 11.9. The number of nitrogens with two attached hydrogens (primary N) is 1. The van der Waals surface area contributed by atoms with Crippen LogP contribution in [0.15, 0.2) is 10.5 Å². The summed E-state index contributed by atoms with van der Waals surface area (Å²) >= 11 is 3.43. The van der Waals surface area contributed by atoms with Crippen LogP contribution in [0, 0.1) is 0 Å². The molecule has 0 unspecified atom stereocenters. The lowest BCUT2D eigenvalue weighted by Crippen LogP contribution is -2.16. The van der Waals surface area contributed by atoms with Crippen molar-refractivity contribution >= 4 is 21.7 Å². The number of Topliss-reactive ketones (excluding diaryl/α,β-unsaturated/α-hetero) is 1. The molecule has 0 saturated heterocycles. The van der Waals surface area contributed by atoms with Gasteiger partial charge >= 0.3 is 0 Å². The van der Waals surface area contributed by atoms with Crippen molar-refractivity contribution in [3.05, 3.63) is 21.7 Å². The molecule has 2 N–H and O–H groups in total. The summed E-state index contributed by atoms with van der Waals surface area (Å²) in [6.07, 6.45) is 1.55. The van der Waals surface area contributed by atoms with Gasteiger partial charge in [-0.2, -0.15) is 0 Å². The zero-order chi connectivity index (χ0) is 13.1. The minimum Gasteiger partial charge on any atom is -0.489 e. The van der Waals surface area contributed by atoms with E-state index in [1.165, 1.54) is 0 Å². The molecular formula is C13H16BrNO3. The Labute approximate surface area is 115 Å². The van der Waals surface area contributed by atoms with Crippen LogP contribution in [0.4, 0.5) is 0 Å². The first-order chi connectivity index (χ1) is 8.69. The molecule has 1 heterocycles. The Morgan fingerprint density at radius 2 is 2.06 bits per heavy atom. The molecule has 0 atom stereocenters. The fraction of sp³-hybridized carbons (Fsp3) is 0.462. The number of carbonyl (C=O) groups excluding carboxylic acids is 1. The fourth-order valence-corrected chi connectivity index (χ4v) is 2.57. The van der Waals surface area contributed by atoms with Crippen molar-refractivity contribution in [2.75, 3.05) is 19.8 Å². The second-order valence-electron chi connectivity index (χ2n) is 4.07. The summed E-state index contributed by atoms with van der Waals surface area (Å²) in [7, 11) is 0. The summed E-state index contributed by atoms with van der Waals surface area (Å²) < 4.78 is 12.2. The van der Waals surface area contributed by atoms with Gasteiger partial charge in [-0.3, -0.25) is 4.79 Å². The molecule has 1 aliphatic rings. The number of halogens is 1. The number of ether oxygens (including phenoxy) is 2. The minimum absolute atomic E-state index is 0.000909. The quantitative estimate of drug-likeness (QED) is 0.870. The highest BCUT2D eigenvalue weighted by Gasteiger charge is 2.23. The maximum atomic E-state index is 11.9. The first kappa shape index (κ1) is 13.4. The Balaban J connectivity index is 2.61. The van der Waals surface area contributed by atoms with Crippen LogP contribution in [0.25, 0.3) is 0 Å². The Morgan fingerprint density at radius 1 is 1.39 bits per heavy atom. The van der Waals surface area contributed by atoms with Gasteiger partial charge in [0.15, 0.2) is 17.3 Å². The highest BCUT2D eigenvalue weighted by molar-refractivity contribution is 9.10. The summed E-state index contributed by atoms with van der Waals surface area (Å²) in [5, 5.41) is 0. The van der Waals surface area contributed by atoms with Crippen LogP contribution in [-0.2, 0) is 6.42 Å².